The van der Waals surface area contributed by atoms with Crippen LogP contribution in [0.1, 0.15) is 12.0 Å². The van der Waals surface area contributed by atoms with Crippen LogP contribution in [0.5, 0.6) is 5.75 Å². The number of halogens is 1. The van der Waals surface area contributed by atoms with Gasteiger partial charge in [0.25, 0.3) is 11.8 Å². The van der Waals surface area contributed by atoms with Crippen molar-refractivity contribution in [1.29, 1.82) is 0 Å². The number of sulfonamides is 1. The van der Waals surface area contributed by atoms with Crippen LogP contribution >= 0.6 is 0 Å². The van der Waals surface area contributed by atoms with Crippen molar-refractivity contribution in [2.24, 2.45) is 5.14 Å². The minimum Gasteiger partial charge on any atom is -0.484 e. The van der Waals surface area contributed by atoms with Gasteiger partial charge in [-0.2, -0.15) is 0 Å². The van der Waals surface area contributed by atoms with E-state index in [1.807, 2.05) is 0 Å². The third-order valence-electron chi connectivity index (χ3n) is 5.90. The molecular weight excluding hydrogens is 501 g/mol. The van der Waals surface area contributed by atoms with Gasteiger partial charge in [0.05, 0.1) is 17.0 Å². The van der Waals surface area contributed by atoms with E-state index in [1.54, 1.807) is 42.5 Å². The summed E-state index contributed by atoms with van der Waals surface area (Å²) in [6.45, 7) is -0.296. The molecule has 4 rings (SSSR count). The molecule has 0 spiro atoms. The van der Waals surface area contributed by atoms with E-state index in [0.29, 0.717) is 11.3 Å². The zero-order chi connectivity index (χ0) is 26.6. The lowest BCUT2D eigenvalue weighted by molar-refractivity contribution is -0.140. The van der Waals surface area contributed by atoms with Crippen LogP contribution in [0.15, 0.2) is 83.8 Å². The van der Waals surface area contributed by atoms with E-state index in [1.165, 1.54) is 29.2 Å². The number of ether oxygens (including phenoxy) is 1. The van der Waals surface area contributed by atoms with Crippen molar-refractivity contribution >= 4 is 33.4 Å². The maximum absolute atomic E-state index is 13.4. The van der Waals surface area contributed by atoms with Crippen molar-refractivity contribution in [3.8, 4) is 5.75 Å². The fourth-order valence-electron chi connectivity index (χ4n) is 4.02. The smallest absolute Gasteiger partial charge is 0.261 e. The molecule has 1 heterocycles. The summed E-state index contributed by atoms with van der Waals surface area (Å²) in [5, 5.41) is 5.14. The number of hydrogen-bond donors (Lipinski definition) is 1. The molecule has 1 aliphatic heterocycles. The standard InChI is InChI=1S/C26H24FN3O6S/c27-19-8-10-20(11-9-19)30-24(31)16-23(26(30)33)29(25(32)17-36-21-4-2-1-3-5-21)15-14-18-6-12-22(13-7-18)37(28,34)35/h1-13,23H,14-17H2,(H2,28,34,35). The number of imide groups is 1. The molecule has 1 fully saturated rings. The number of primary sulfonamides is 1. The van der Waals surface area contributed by atoms with E-state index in [2.05, 4.69) is 0 Å². The zero-order valence-electron chi connectivity index (χ0n) is 19.6. The van der Waals surface area contributed by atoms with Gasteiger partial charge in [0.2, 0.25) is 15.9 Å². The molecule has 3 aromatic carbocycles. The van der Waals surface area contributed by atoms with E-state index in [4.69, 9.17) is 9.88 Å². The molecule has 11 heteroatoms. The Morgan fingerprint density at radius 1 is 1.00 bits per heavy atom. The van der Waals surface area contributed by atoms with Crippen LogP contribution in [0.3, 0.4) is 0 Å². The Morgan fingerprint density at radius 2 is 1.65 bits per heavy atom. The monoisotopic (exact) mass is 525 g/mol. The van der Waals surface area contributed by atoms with Crippen LogP contribution in [0, 0.1) is 5.82 Å². The summed E-state index contributed by atoms with van der Waals surface area (Å²) in [6, 6.07) is 18.4. The van der Waals surface area contributed by atoms with Crippen molar-refractivity contribution in [1.82, 2.24) is 4.90 Å². The maximum atomic E-state index is 13.4. The fraction of sp³-hybridized carbons (Fsp3) is 0.192. The largest absolute Gasteiger partial charge is 0.484 e. The Labute approximate surface area is 213 Å². The van der Waals surface area contributed by atoms with Gasteiger partial charge in [0.1, 0.15) is 17.6 Å². The predicted molar refractivity (Wildman–Crippen MR) is 132 cm³/mol. The highest BCUT2D eigenvalue weighted by molar-refractivity contribution is 7.89. The molecule has 0 bridgehead atoms. The van der Waals surface area contributed by atoms with Gasteiger partial charge < -0.3 is 9.64 Å². The minimum atomic E-state index is -3.85. The van der Waals surface area contributed by atoms with Gasteiger partial charge in [-0.15, -0.1) is 0 Å². The summed E-state index contributed by atoms with van der Waals surface area (Å²) in [4.78, 5) is 41.5. The number of benzene rings is 3. The number of carbonyl (C=O) groups is 3. The van der Waals surface area contributed by atoms with Gasteiger partial charge in [-0.1, -0.05) is 30.3 Å². The van der Waals surface area contributed by atoms with E-state index in [9.17, 15) is 27.2 Å². The number of nitrogens with two attached hydrogens (primary N) is 1. The predicted octanol–water partition coefficient (Wildman–Crippen LogP) is 2.26. The Balaban J connectivity index is 1.54. The van der Waals surface area contributed by atoms with E-state index >= 15 is 0 Å². The maximum Gasteiger partial charge on any atom is 0.261 e. The van der Waals surface area contributed by atoms with Crippen molar-refractivity contribution in [3.05, 3.63) is 90.2 Å². The van der Waals surface area contributed by atoms with Gasteiger partial charge in [-0.25, -0.2) is 22.8 Å². The van der Waals surface area contributed by atoms with Crippen LogP contribution in [0.2, 0.25) is 0 Å². The SMILES string of the molecule is NS(=O)(=O)c1ccc(CCN(C(=O)COc2ccccc2)C2CC(=O)N(c3ccc(F)cc3)C2=O)cc1. The highest BCUT2D eigenvalue weighted by atomic mass is 32.2. The summed E-state index contributed by atoms with van der Waals surface area (Å²) in [6.07, 6.45) is 0.0358. The van der Waals surface area contributed by atoms with Gasteiger partial charge >= 0.3 is 0 Å². The molecule has 1 saturated heterocycles. The van der Waals surface area contributed by atoms with Gasteiger partial charge in [0.15, 0.2) is 6.61 Å². The molecule has 1 atom stereocenters. The van der Waals surface area contributed by atoms with Gasteiger partial charge in [-0.05, 0) is 60.5 Å². The Morgan fingerprint density at radius 3 is 2.27 bits per heavy atom. The van der Waals surface area contributed by atoms with Crippen LogP contribution < -0.4 is 14.8 Å². The molecule has 1 aliphatic rings. The first-order chi connectivity index (χ1) is 17.6. The Kier molecular flexibility index (Phi) is 7.65. The first-order valence-corrected chi connectivity index (χ1v) is 12.9. The molecule has 0 aliphatic carbocycles. The molecular formula is C26H24FN3O6S. The van der Waals surface area contributed by atoms with Crippen LogP contribution in [0.25, 0.3) is 0 Å². The molecule has 3 aromatic rings. The average Bonchev–Trinajstić information content (AvgIpc) is 3.17. The van der Waals surface area contributed by atoms with E-state index < -0.39 is 39.6 Å². The highest BCUT2D eigenvalue weighted by Crippen LogP contribution is 2.26. The van der Waals surface area contributed by atoms with Crippen molar-refractivity contribution < 1.29 is 31.9 Å². The lowest BCUT2D eigenvalue weighted by Gasteiger charge is -2.28. The summed E-state index contributed by atoms with van der Waals surface area (Å²) < 4.78 is 42.0. The quantitative estimate of drug-likeness (QED) is 0.427. The molecule has 0 radical (unpaired) electrons. The third kappa shape index (κ3) is 6.19. The molecule has 0 aromatic heterocycles. The van der Waals surface area contributed by atoms with Crippen LogP contribution in [0.4, 0.5) is 10.1 Å². The van der Waals surface area contributed by atoms with Crippen molar-refractivity contribution in [3.63, 3.8) is 0 Å². The number of carbonyl (C=O) groups excluding carboxylic acids is 3. The normalized spacial score (nSPS) is 15.6. The number of hydrogen-bond acceptors (Lipinski definition) is 6. The second-order valence-corrected chi connectivity index (χ2v) is 9.95. The Hall–Kier alpha value is -4.09. The first-order valence-electron chi connectivity index (χ1n) is 11.3. The fourth-order valence-corrected chi connectivity index (χ4v) is 4.53. The summed E-state index contributed by atoms with van der Waals surface area (Å²) in [7, 11) is -3.85. The molecule has 3 amide bonds. The molecule has 2 N–H and O–H groups in total. The topological polar surface area (TPSA) is 127 Å². The lowest BCUT2D eigenvalue weighted by atomic mass is 10.1. The molecule has 1 unspecified atom stereocenters. The van der Waals surface area contributed by atoms with Crippen molar-refractivity contribution in [2.75, 3.05) is 18.1 Å². The molecule has 37 heavy (non-hydrogen) atoms. The summed E-state index contributed by atoms with van der Waals surface area (Å²) >= 11 is 0. The Bertz CT molecular complexity index is 1400. The van der Waals surface area contributed by atoms with E-state index in [-0.39, 0.29) is 36.6 Å². The molecule has 192 valence electrons. The number of nitrogens with zero attached hydrogens (tertiary/aromatic N) is 2. The van der Waals surface area contributed by atoms with Gasteiger partial charge in [0, 0.05) is 6.54 Å². The minimum absolute atomic E-state index is 0.0491. The number of para-hydroxylation sites is 1. The first kappa shape index (κ1) is 26.0. The number of anilines is 1. The van der Waals surface area contributed by atoms with Crippen molar-refractivity contribution in [2.45, 2.75) is 23.8 Å². The number of amides is 3. The highest BCUT2D eigenvalue weighted by Gasteiger charge is 2.44. The summed E-state index contributed by atoms with van der Waals surface area (Å²) in [5.41, 5.74) is 0.909. The molecule has 0 saturated carbocycles. The second kappa shape index (κ2) is 10.9. The van der Waals surface area contributed by atoms with Crippen LogP contribution in [-0.2, 0) is 30.8 Å². The van der Waals surface area contributed by atoms with E-state index in [0.717, 1.165) is 17.0 Å². The van der Waals surface area contributed by atoms with Crippen LogP contribution in [-0.4, -0.2) is 50.2 Å². The number of rotatable bonds is 9. The second-order valence-electron chi connectivity index (χ2n) is 8.39. The molecule has 9 nitrogen and oxygen atoms in total. The zero-order valence-corrected chi connectivity index (χ0v) is 20.4. The third-order valence-corrected chi connectivity index (χ3v) is 6.83. The average molecular weight is 526 g/mol. The lowest BCUT2D eigenvalue weighted by Crippen LogP contribution is -2.48. The summed E-state index contributed by atoms with van der Waals surface area (Å²) in [5.74, 6) is -1.66. The van der Waals surface area contributed by atoms with Gasteiger partial charge in [-0.3, -0.25) is 14.4 Å².